The van der Waals surface area contributed by atoms with Crippen molar-refractivity contribution in [3.05, 3.63) is 18.2 Å². The van der Waals surface area contributed by atoms with Crippen LogP contribution in [0, 0.1) is 0 Å². The van der Waals surface area contributed by atoms with Gasteiger partial charge >= 0.3 is 0 Å². The third-order valence-corrected chi connectivity index (χ3v) is 5.08. The van der Waals surface area contributed by atoms with Crippen LogP contribution in [0.5, 0.6) is 5.75 Å². The fraction of sp³-hybridized carbons (Fsp3) is 0.533. The van der Waals surface area contributed by atoms with Crippen LogP contribution in [-0.4, -0.2) is 34.5 Å². The maximum absolute atomic E-state index is 12.3. The normalized spacial score (nSPS) is 15.2. The van der Waals surface area contributed by atoms with Crippen LogP contribution in [0.25, 0.3) is 0 Å². The van der Waals surface area contributed by atoms with Crippen molar-refractivity contribution < 1.29 is 17.9 Å². The molecule has 0 atom stereocenters. The van der Waals surface area contributed by atoms with E-state index in [1.165, 1.54) is 17.0 Å². The van der Waals surface area contributed by atoms with Crippen molar-refractivity contribution in [2.45, 2.75) is 37.5 Å². The number of sulfonamides is 1. The molecule has 1 amide bonds. The van der Waals surface area contributed by atoms with Crippen LogP contribution >= 0.6 is 0 Å². The molecule has 22 heavy (non-hydrogen) atoms. The number of carbonyl (C=O) groups excluding carboxylic acids is 1. The number of ether oxygens (including phenoxy) is 1. The van der Waals surface area contributed by atoms with Gasteiger partial charge in [0.2, 0.25) is 15.9 Å². The summed E-state index contributed by atoms with van der Waals surface area (Å²) in [4.78, 5) is 13.5. The van der Waals surface area contributed by atoms with E-state index in [1.54, 1.807) is 13.1 Å². The number of rotatable bonds is 6. The lowest BCUT2D eigenvalue weighted by Gasteiger charge is -2.17. The molecule has 0 saturated heterocycles. The molecular weight excluding hydrogens is 304 g/mol. The van der Waals surface area contributed by atoms with E-state index in [4.69, 9.17) is 4.74 Å². The van der Waals surface area contributed by atoms with Gasteiger partial charge in [-0.15, -0.1) is 0 Å². The van der Waals surface area contributed by atoms with Crippen molar-refractivity contribution in [3.63, 3.8) is 0 Å². The molecule has 1 aromatic rings. The second kappa shape index (κ2) is 7.11. The number of hydrogen-bond donors (Lipinski definition) is 1. The average Bonchev–Trinajstić information content (AvgIpc) is 2.63. The zero-order valence-corrected chi connectivity index (χ0v) is 13.8. The molecule has 2 rings (SSSR count). The van der Waals surface area contributed by atoms with Gasteiger partial charge in [-0.1, -0.05) is 19.8 Å². The first kappa shape index (κ1) is 16.8. The fourth-order valence-corrected chi connectivity index (χ4v) is 3.36. The van der Waals surface area contributed by atoms with E-state index >= 15 is 0 Å². The minimum atomic E-state index is -3.57. The number of nitrogens with zero attached hydrogens (tertiary/aromatic N) is 1. The van der Waals surface area contributed by atoms with Gasteiger partial charge in [0.15, 0.2) is 0 Å². The monoisotopic (exact) mass is 326 g/mol. The lowest BCUT2D eigenvalue weighted by Crippen LogP contribution is -2.27. The van der Waals surface area contributed by atoms with E-state index in [-0.39, 0.29) is 17.2 Å². The van der Waals surface area contributed by atoms with Crippen molar-refractivity contribution in [2.75, 3.05) is 25.1 Å². The SMILES string of the molecule is CCCCCNS(=O)(=O)c1ccc2c(c1)N(C)C(=O)CCO2. The molecular formula is C15H22N2O4S. The van der Waals surface area contributed by atoms with E-state index in [9.17, 15) is 13.2 Å². The highest BCUT2D eigenvalue weighted by Crippen LogP contribution is 2.32. The quantitative estimate of drug-likeness (QED) is 0.810. The molecule has 1 heterocycles. The molecule has 1 aliphatic heterocycles. The van der Waals surface area contributed by atoms with Crippen LogP contribution < -0.4 is 14.4 Å². The standard InChI is InChI=1S/C15H22N2O4S/c1-3-4-5-9-16-22(19,20)12-6-7-14-13(11-12)17(2)15(18)8-10-21-14/h6-7,11,16H,3-5,8-10H2,1-2H3. The Balaban J connectivity index is 2.22. The van der Waals surface area contributed by atoms with Gasteiger partial charge in [-0.3, -0.25) is 4.79 Å². The summed E-state index contributed by atoms with van der Waals surface area (Å²) in [5.41, 5.74) is 0.485. The first-order valence-electron chi connectivity index (χ1n) is 7.49. The zero-order chi connectivity index (χ0) is 16.2. The van der Waals surface area contributed by atoms with E-state index in [1.807, 2.05) is 0 Å². The Bertz CT molecular complexity index is 643. The largest absolute Gasteiger partial charge is 0.491 e. The van der Waals surface area contributed by atoms with Crippen LogP contribution in [-0.2, 0) is 14.8 Å². The summed E-state index contributed by atoms with van der Waals surface area (Å²) in [6.45, 7) is 2.78. The van der Waals surface area contributed by atoms with E-state index in [0.717, 1.165) is 19.3 Å². The van der Waals surface area contributed by atoms with Gasteiger partial charge < -0.3 is 9.64 Å². The smallest absolute Gasteiger partial charge is 0.240 e. The van der Waals surface area contributed by atoms with Crippen LogP contribution in [0.3, 0.4) is 0 Å². The van der Waals surface area contributed by atoms with Crippen LogP contribution in [0.4, 0.5) is 5.69 Å². The maximum atomic E-state index is 12.3. The molecule has 0 spiro atoms. The Morgan fingerprint density at radius 2 is 2.09 bits per heavy atom. The number of anilines is 1. The summed E-state index contributed by atoms with van der Waals surface area (Å²) in [7, 11) is -1.94. The molecule has 6 nitrogen and oxygen atoms in total. The lowest BCUT2D eigenvalue weighted by molar-refractivity contribution is -0.118. The highest BCUT2D eigenvalue weighted by atomic mass is 32.2. The van der Waals surface area contributed by atoms with Crippen molar-refractivity contribution in [2.24, 2.45) is 0 Å². The van der Waals surface area contributed by atoms with Crippen molar-refractivity contribution >= 4 is 21.6 Å². The zero-order valence-electron chi connectivity index (χ0n) is 13.0. The predicted molar refractivity (Wildman–Crippen MR) is 84.7 cm³/mol. The molecule has 1 aliphatic rings. The van der Waals surface area contributed by atoms with Gasteiger partial charge in [0.1, 0.15) is 5.75 Å². The molecule has 0 saturated carbocycles. The van der Waals surface area contributed by atoms with Gasteiger partial charge in [0, 0.05) is 13.6 Å². The van der Waals surface area contributed by atoms with Gasteiger partial charge in [-0.2, -0.15) is 0 Å². The van der Waals surface area contributed by atoms with E-state index in [2.05, 4.69) is 11.6 Å². The first-order valence-corrected chi connectivity index (χ1v) is 8.97. The minimum Gasteiger partial charge on any atom is -0.491 e. The van der Waals surface area contributed by atoms with Gasteiger partial charge in [0.25, 0.3) is 0 Å². The van der Waals surface area contributed by atoms with Crippen molar-refractivity contribution in [1.29, 1.82) is 0 Å². The second-order valence-corrected chi connectivity index (χ2v) is 7.05. The Hall–Kier alpha value is -1.60. The number of carbonyl (C=O) groups is 1. The number of hydrogen-bond acceptors (Lipinski definition) is 4. The molecule has 1 aromatic carbocycles. The molecule has 0 fully saturated rings. The van der Waals surface area contributed by atoms with Gasteiger partial charge in [-0.05, 0) is 24.6 Å². The molecule has 0 aromatic heterocycles. The number of amides is 1. The summed E-state index contributed by atoms with van der Waals surface area (Å²) in [5, 5.41) is 0. The topological polar surface area (TPSA) is 75.7 Å². The predicted octanol–water partition coefficient (Wildman–Crippen LogP) is 1.90. The van der Waals surface area contributed by atoms with Crippen LogP contribution in [0.15, 0.2) is 23.1 Å². The van der Waals surface area contributed by atoms with Crippen molar-refractivity contribution in [3.8, 4) is 5.75 Å². The Morgan fingerprint density at radius 3 is 2.82 bits per heavy atom. The van der Waals surface area contributed by atoms with Gasteiger partial charge in [0.05, 0.1) is 23.6 Å². The number of nitrogens with one attached hydrogen (secondary N) is 1. The molecule has 0 bridgehead atoms. The number of benzene rings is 1. The molecule has 0 aliphatic carbocycles. The second-order valence-electron chi connectivity index (χ2n) is 5.29. The molecule has 0 radical (unpaired) electrons. The van der Waals surface area contributed by atoms with Crippen LogP contribution in [0.2, 0.25) is 0 Å². The van der Waals surface area contributed by atoms with Crippen LogP contribution in [0.1, 0.15) is 32.6 Å². The summed E-state index contributed by atoms with van der Waals surface area (Å²) >= 11 is 0. The van der Waals surface area contributed by atoms with Gasteiger partial charge in [-0.25, -0.2) is 13.1 Å². The Morgan fingerprint density at radius 1 is 1.32 bits per heavy atom. The lowest BCUT2D eigenvalue weighted by atomic mass is 10.2. The summed E-state index contributed by atoms with van der Waals surface area (Å²) in [6.07, 6.45) is 3.10. The maximum Gasteiger partial charge on any atom is 0.240 e. The third-order valence-electron chi connectivity index (χ3n) is 3.62. The number of fused-ring (bicyclic) bond motifs is 1. The summed E-state index contributed by atoms with van der Waals surface area (Å²) in [6, 6.07) is 4.59. The number of unbranched alkanes of at least 4 members (excludes halogenated alkanes) is 2. The minimum absolute atomic E-state index is 0.0933. The summed E-state index contributed by atoms with van der Waals surface area (Å²) < 4.78 is 32.7. The fourth-order valence-electron chi connectivity index (χ4n) is 2.26. The first-order chi connectivity index (χ1) is 10.5. The van der Waals surface area contributed by atoms with Crippen molar-refractivity contribution in [1.82, 2.24) is 4.72 Å². The summed E-state index contributed by atoms with van der Waals surface area (Å²) in [5.74, 6) is 0.433. The molecule has 0 unspecified atom stereocenters. The highest BCUT2D eigenvalue weighted by Gasteiger charge is 2.23. The molecule has 1 N–H and O–H groups in total. The van der Waals surface area contributed by atoms with E-state index < -0.39 is 10.0 Å². The molecule has 7 heteroatoms. The molecule has 122 valence electrons. The van der Waals surface area contributed by atoms with E-state index in [0.29, 0.717) is 24.6 Å². The Labute approximate surface area is 131 Å². The Kier molecular flexibility index (Phi) is 5.42. The highest BCUT2D eigenvalue weighted by molar-refractivity contribution is 7.89. The average molecular weight is 326 g/mol. The third kappa shape index (κ3) is 3.78.